The summed E-state index contributed by atoms with van der Waals surface area (Å²) in [4.78, 5) is 26.3. The Kier molecular flexibility index (Phi) is 9.84. The quantitative estimate of drug-likeness (QED) is 0.328. The maximum Gasteiger partial charge on any atom is 0.230 e. The first kappa shape index (κ1) is 25.7. The molecule has 1 aliphatic heterocycles. The maximum absolute atomic E-state index is 12.8. The Labute approximate surface area is 204 Å². The van der Waals surface area contributed by atoms with Gasteiger partial charge in [0.2, 0.25) is 5.91 Å². The molecular weight excluding hydrogens is 503 g/mol. The van der Waals surface area contributed by atoms with E-state index in [1.807, 2.05) is 20.3 Å². The Morgan fingerprint density at radius 3 is 2.48 bits per heavy atom. The smallest absolute Gasteiger partial charge is 0.230 e. The lowest BCUT2D eigenvalue weighted by atomic mass is 9.85. The summed E-state index contributed by atoms with van der Waals surface area (Å²) >= 11 is 0. The van der Waals surface area contributed by atoms with Crippen LogP contribution >= 0.6 is 24.0 Å². The second-order valence-electron chi connectivity index (χ2n) is 8.98. The first-order valence-electron chi connectivity index (χ1n) is 11.4. The highest BCUT2D eigenvalue weighted by molar-refractivity contribution is 14.0. The number of halogens is 1. The first-order valence-corrected chi connectivity index (χ1v) is 11.4. The second-order valence-corrected chi connectivity index (χ2v) is 8.98. The molecule has 8 heteroatoms. The molecule has 2 N–H and O–H groups in total. The average molecular weight is 543 g/mol. The van der Waals surface area contributed by atoms with Gasteiger partial charge in [-0.05, 0) is 51.2 Å². The number of guanidine groups is 1. The number of carbonyl (C=O) groups excluding carboxylic acids is 1. The highest BCUT2D eigenvalue weighted by atomic mass is 127. The number of hydrogen-bond donors (Lipinski definition) is 2. The summed E-state index contributed by atoms with van der Waals surface area (Å²) in [6, 6.07) is 4.61. The summed E-state index contributed by atoms with van der Waals surface area (Å²) in [6.45, 7) is 7.49. The van der Waals surface area contributed by atoms with E-state index >= 15 is 0 Å². The maximum atomic E-state index is 12.8. The van der Waals surface area contributed by atoms with E-state index in [1.165, 1.54) is 5.56 Å². The van der Waals surface area contributed by atoms with Gasteiger partial charge in [-0.3, -0.25) is 9.79 Å². The number of carbonyl (C=O) groups is 1. The molecule has 3 rings (SSSR count). The van der Waals surface area contributed by atoms with Gasteiger partial charge in [-0.25, -0.2) is 4.98 Å². The fourth-order valence-corrected chi connectivity index (χ4v) is 4.61. The molecule has 31 heavy (non-hydrogen) atoms. The molecule has 1 amide bonds. The summed E-state index contributed by atoms with van der Waals surface area (Å²) in [5.74, 6) is 2.12. The number of aryl methyl sites for hydroxylation is 1. The third kappa shape index (κ3) is 6.70. The monoisotopic (exact) mass is 542 g/mol. The van der Waals surface area contributed by atoms with Crippen LogP contribution in [0, 0.1) is 12.3 Å². The van der Waals surface area contributed by atoms with Gasteiger partial charge in [0, 0.05) is 46.0 Å². The van der Waals surface area contributed by atoms with Crippen molar-refractivity contribution >= 4 is 41.7 Å². The van der Waals surface area contributed by atoms with Crippen molar-refractivity contribution in [3.05, 3.63) is 23.9 Å². The van der Waals surface area contributed by atoms with Crippen molar-refractivity contribution in [2.24, 2.45) is 10.4 Å². The normalized spacial score (nSPS) is 19.0. The molecule has 1 aromatic rings. The summed E-state index contributed by atoms with van der Waals surface area (Å²) in [7, 11) is 3.71. The van der Waals surface area contributed by atoms with Crippen LogP contribution in [0.5, 0.6) is 0 Å². The number of nitrogens with zero attached hydrogens (tertiary/aromatic N) is 4. The molecule has 1 aliphatic carbocycles. The topological polar surface area (TPSA) is 72.9 Å². The van der Waals surface area contributed by atoms with Crippen molar-refractivity contribution in [2.45, 2.75) is 58.4 Å². The van der Waals surface area contributed by atoms with Gasteiger partial charge in [-0.15, -0.1) is 24.0 Å². The van der Waals surface area contributed by atoms with Gasteiger partial charge in [-0.2, -0.15) is 0 Å². The van der Waals surface area contributed by atoms with E-state index in [4.69, 9.17) is 4.99 Å². The van der Waals surface area contributed by atoms with Crippen molar-refractivity contribution in [1.82, 2.24) is 20.5 Å². The lowest BCUT2D eigenvalue weighted by Gasteiger charge is -2.34. The minimum atomic E-state index is -0.327. The molecular formula is C23H39IN6O. The first-order chi connectivity index (χ1) is 14.4. The third-order valence-corrected chi connectivity index (χ3v) is 6.36. The van der Waals surface area contributed by atoms with Gasteiger partial charge in [0.1, 0.15) is 5.82 Å². The van der Waals surface area contributed by atoms with E-state index in [0.29, 0.717) is 12.6 Å². The Hall–Kier alpha value is -1.58. The lowest BCUT2D eigenvalue weighted by Crippen LogP contribution is -2.49. The summed E-state index contributed by atoms with van der Waals surface area (Å²) < 4.78 is 0. The van der Waals surface area contributed by atoms with Crippen molar-refractivity contribution < 1.29 is 4.79 Å². The van der Waals surface area contributed by atoms with E-state index in [-0.39, 0.29) is 35.3 Å². The summed E-state index contributed by atoms with van der Waals surface area (Å²) in [6.07, 6.45) is 8.13. The number of piperidine rings is 1. The number of rotatable bonds is 6. The Morgan fingerprint density at radius 2 is 1.94 bits per heavy atom. The van der Waals surface area contributed by atoms with Gasteiger partial charge >= 0.3 is 0 Å². The van der Waals surface area contributed by atoms with Crippen LogP contribution in [0.1, 0.15) is 51.0 Å². The molecule has 1 aromatic heterocycles. The number of aliphatic imine (C=N–C) groups is 1. The Bertz CT molecular complexity index is 722. The third-order valence-electron chi connectivity index (χ3n) is 6.36. The predicted octanol–water partition coefficient (Wildman–Crippen LogP) is 3.18. The second kappa shape index (κ2) is 11.9. The van der Waals surface area contributed by atoms with Gasteiger partial charge in [0.15, 0.2) is 5.96 Å². The summed E-state index contributed by atoms with van der Waals surface area (Å²) in [5.41, 5.74) is 0.862. The highest BCUT2D eigenvalue weighted by Gasteiger charge is 2.42. The van der Waals surface area contributed by atoms with E-state index in [1.54, 1.807) is 4.90 Å². The SMILES string of the molecule is CCNC(=NCC1(C(=O)N(C)C)CCCC1)NC1CCN(c2ccc(C)cn2)CC1.I. The number of pyridine rings is 1. The predicted molar refractivity (Wildman–Crippen MR) is 138 cm³/mol. The zero-order valence-electron chi connectivity index (χ0n) is 19.5. The van der Waals surface area contributed by atoms with Crippen LogP contribution < -0.4 is 15.5 Å². The van der Waals surface area contributed by atoms with E-state index in [2.05, 4.69) is 46.5 Å². The molecule has 2 aliphatic rings. The molecule has 2 fully saturated rings. The molecule has 0 spiro atoms. The Morgan fingerprint density at radius 1 is 1.26 bits per heavy atom. The van der Waals surface area contributed by atoms with E-state index in [0.717, 1.165) is 69.9 Å². The number of amides is 1. The van der Waals surface area contributed by atoms with Crippen LogP contribution in [-0.4, -0.2) is 68.1 Å². The van der Waals surface area contributed by atoms with Crippen LogP contribution in [0.2, 0.25) is 0 Å². The number of aromatic nitrogens is 1. The number of nitrogens with one attached hydrogen (secondary N) is 2. The van der Waals surface area contributed by atoms with Gasteiger partial charge in [0.05, 0.1) is 12.0 Å². The highest BCUT2D eigenvalue weighted by Crippen LogP contribution is 2.39. The number of anilines is 1. The largest absolute Gasteiger partial charge is 0.357 e. The molecule has 1 saturated heterocycles. The van der Waals surface area contributed by atoms with Crippen LogP contribution in [0.4, 0.5) is 5.82 Å². The van der Waals surface area contributed by atoms with Gasteiger partial charge in [0.25, 0.3) is 0 Å². The van der Waals surface area contributed by atoms with Crippen LogP contribution in [0.25, 0.3) is 0 Å². The molecule has 0 unspecified atom stereocenters. The molecule has 0 atom stereocenters. The Balaban J connectivity index is 0.00000341. The van der Waals surface area contributed by atoms with Crippen molar-refractivity contribution in [2.75, 3.05) is 45.2 Å². The summed E-state index contributed by atoms with van der Waals surface area (Å²) in [5, 5.41) is 6.99. The van der Waals surface area contributed by atoms with E-state index in [9.17, 15) is 4.79 Å². The minimum Gasteiger partial charge on any atom is -0.357 e. The molecule has 0 aromatic carbocycles. The molecule has 1 saturated carbocycles. The van der Waals surface area contributed by atoms with Crippen molar-refractivity contribution in [3.8, 4) is 0 Å². The fraction of sp³-hybridized carbons (Fsp3) is 0.696. The zero-order chi connectivity index (χ0) is 21.6. The molecule has 2 heterocycles. The molecule has 0 bridgehead atoms. The van der Waals surface area contributed by atoms with Crippen LogP contribution in [-0.2, 0) is 4.79 Å². The lowest BCUT2D eigenvalue weighted by molar-refractivity contribution is -0.138. The zero-order valence-corrected chi connectivity index (χ0v) is 21.8. The van der Waals surface area contributed by atoms with E-state index < -0.39 is 0 Å². The van der Waals surface area contributed by atoms with Crippen LogP contribution in [0.15, 0.2) is 23.3 Å². The van der Waals surface area contributed by atoms with Crippen molar-refractivity contribution in [1.29, 1.82) is 0 Å². The molecule has 0 radical (unpaired) electrons. The van der Waals surface area contributed by atoms with Gasteiger partial charge < -0.3 is 20.4 Å². The average Bonchev–Trinajstić information content (AvgIpc) is 3.23. The van der Waals surface area contributed by atoms with Crippen LogP contribution in [0.3, 0.4) is 0 Å². The number of hydrogen-bond acceptors (Lipinski definition) is 4. The standard InChI is InChI=1S/C23H38N6O.HI/c1-5-24-22(26-17-23(12-6-7-13-23)21(30)28(3)4)27-19-10-14-29(15-11-19)20-9-8-18(2)16-25-20;/h8-9,16,19H,5-7,10-15,17H2,1-4H3,(H2,24,26,27);1H. The molecule has 174 valence electrons. The fourth-order valence-electron chi connectivity index (χ4n) is 4.61. The molecule has 7 nitrogen and oxygen atoms in total. The van der Waals surface area contributed by atoms with Crippen molar-refractivity contribution in [3.63, 3.8) is 0 Å². The minimum absolute atomic E-state index is 0. The van der Waals surface area contributed by atoms with Gasteiger partial charge in [-0.1, -0.05) is 18.9 Å².